The second-order valence-electron chi connectivity index (χ2n) is 4.02. The summed E-state index contributed by atoms with van der Waals surface area (Å²) in [5.41, 5.74) is -0.235. The maximum atomic E-state index is 10.8. The van der Waals surface area contributed by atoms with Crippen LogP contribution in [0.1, 0.15) is 41.0 Å². The lowest BCUT2D eigenvalue weighted by Crippen LogP contribution is -2.34. The Morgan fingerprint density at radius 3 is 2.40 bits per heavy atom. The smallest absolute Gasteiger partial charge is 0.408 e. The molecule has 0 saturated carbocycles. The lowest BCUT2D eigenvalue weighted by molar-refractivity contribution is -0.112. The maximum Gasteiger partial charge on any atom is 0.486 e. The molecule has 0 bridgehead atoms. The van der Waals surface area contributed by atoms with E-state index in [4.69, 9.17) is 9.31 Å². The third-order valence-electron chi connectivity index (χ3n) is 2.11. The van der Waals surface area contributed by atoms with E-state index in [0.29, 0.717) is 6.61 Å². The average Bonchev–Trinajstić information content (AvgIpc) is 2.14. The SMILES string of the molecule is CCOB(C=CC(C)=O)OC(C)(C)CC. The summed E-state index contributed by atoms with van der Waals surface area (Å²) in [7, 11) is -0.436. The van der Waals surface area contributed by atoms with Crippen LogP contribution in [0, 0.1) is 0 Å². The molecule has 0 aromatic rings. The number of rotatable bonds is 7. The van der Waals surface area contributed by atoms with Crippen molar-refractivity contribution in [1.82, 2.24) is 0 Å². The average molecular weight is 212 g/mol. The van der Waals surface area contributed by atoms with Crippen LogP contribution >= 0.6 is 0 Å². The summed E-state index contributed by atoms with van der Waals surface area (Å²) in [5.74, 6) is 1.65. The summed E-state index contributed by atoms with van der Waals surface area (Å²) >= 11 is 0. The van der Waals surface area contributed by atoms with E-state index >= 15 is 0 Å². The Morgan fingerprint density at radius 2 is 2.00 bits per heavy atom. The topological polar surface area (TPSA) is 35.5 Å². The van der Waals surface area contributed by atoms with E-state index in [9.17, 15) is 4.79 Å². The quantitative estimate of drug-likeness (QED) is 0.480. The zero-order valence-electron chi connectivity index (χ0n) is 10.4. The van der Waals surface area contributed by atoms with Gasteiger partial charge in [0.25, 0.3) is 0 Å². The first kappa shape index (κ1) is 14.4. The van der Waals surface area contributed by atoms with E-state index in [1.165, 1.54) is 13.0 Å². The van der Waals surface area contributed by atoms with Gasteiger partial charge in [0, 0.05) is 12.2 Å². The molecule has 3 nitrogen and oxygen atoms in total. The highest BCUT2D eigenvalue weighted by atomic mass is 16.6. The lowest BCUT2D eigenvalue weighted by atomic mass is 9.86. The fraction of sp³-hybridized carbons (Fsp3) is 0.727. The molecule has 0 atom stereocenters. The minimum absolute atomic E-state index is 0.00222. The van der Waals surface area contributed by atoms with Gasteiger partial charge in [-0.05, 0) is 40.2 Å². The number of hydrogen-bond donors (Lipinski definition) is 0. The molecule has 0 unspecified atom stereocenters. The van der Waals surface area contributed by atoms with Gasteiger partial charge in [-0.3, -0.25) is 4.79 Å². The molecule has 86 valence electrons. The first-order valence-electron chi connectivity index (χ1n) is 5.39. The van der Waals surface area contributed by atoms with Gasteiger partial charge in [-0.1, -0.05) is 12.9 Å². The molecule has 0 fully saturated rings. The second kappa shape index (κ2) is 6.80. The van der Waals surface area contributed by atoms with Crippen LogP contribution in [0.4, 0.5) is 0 Å². The van der Waals surface area contributed by atoms with Crippen LogP contribution in [0.25, 0.3) is 0 Å². The van der Waals surface area contributed by atoms with Crippen molar-refractivity contribution >= 4 is 12.9 Å². The van der Waals surface area contributed by atoms with E-state index < -0.39 is 7.12 Å². The second-order valence-corrected chi connectivity index (χ2v) is 4.02. The third kappa shape index (κ3) is 7.34. The number of carbonyl (C=O) groups is 1. The third-order valence-corrected chi connectivity index (χ3v) is 2.11. The number of allylic oxidation sites excluding steroid dienone is 1. The zero-order chi connectivity index (χ0) is 11.9. The summed E-state index contributed by atoms with van der Waals surface area (Å²) in [6.07, 6.45) is 2.37. The van der Waals surface area contributed by atoms with Crippen LogP contribution in [0.5, 0.6) is 0 Å². The molecule has 0 heterocycles. The molecule has 0 radical (unpaired) electrons. The largest absolute Gasteiger partial charge is 0.486 e. The first-order chi connectivity index (χ1) is 6.91. The fourth-order valence-corrected chi connectivity index (χ4v) is 0.905. The molecule has 0 amide bonds. The van der Waals surface area contributed by atoms with Gasteiger partial charge in [-0.25, -0.2) is 0 Å². The van der Waals surface area contributed by atoms with Gasteiger partial charge in [-0.15, -0.1) is 0 Å². The summed E-state index contributed by atoms with van der Waals surface area (Å²) in [6, 6.07) is 0. The van der Waals surface area contributed by atoms with Crippen LogP contribution in [0.3, 0.4) is 0 Å². The number of ketones is 1. The molecule has 0 aromatic carbocycles. The van der Waals surface area contributed by atoms with Crippen molar-refractivity contribution in [1.29, 1.82) is 0 Å². The molecule has 0 saturated heterocycles. The zero-order valence-corrected chi connectivity index (χ0v) is 10.4. The van der Waals surface area contributed by atoms with Crippen molar-refractivity contribution in [2.45, 2.75) is 46.6 Å². The number of hydrogen-bond acceptors (Lipinski definition) is 3. The fourth-order valence-electron chi connectivity index (χ4n) is 0.905. The van der Waals surface area contributed by atoms with Gasteiger partial charge in [-0.2, -0.15) is 0 Å². The Hall–Kier alpha value is -0.605. The van der Waals surface area contributed by atoms with Crippen molar-refractivity contribution in [3.63, 3.8) is 0 Å². The Kier molecular flexibility index (Phi) is 6.53. The molecule has 0 aliphatic carbocycles. The molecule has 4 heteroatoms. The van der Waals surface area contributed by atoms with Gasteiger partial charge in [0.1, 0.15) is 0 Å². The van der Waals surface area contributed by atoms with Crippen LogP contribution in [-0.2, 0) is 14.1 Å². The van der Waals surface area contributed by atoms with Crippen molar-refractivity contribution in [2.24, 2.45) is 0 Å². The van der Waals surface area contributed by atoms with Crippen molar-refractivity contribution < 1.29 is 14.1 Å². The molecule has 0 aliphatic heterocycles. The highest BCUT2D eigenvalue weighted by molar-refractivity contribution is 6.51. The monoisotopic (exact) mass is 212 g/mol. The first-order valence-corrected chi connectivity index (χ1v) is 5.39. The molecule has 15 heavy (non-hydrogen) atoms. The molecular formula is C11H21BO3. The van der Waals surface area contributed by atoms with Crippen molar-refractivity contribution in [3.05, 3.63) is 12.1 Å². The molecule has 0 aliphatic rings. The molecule has 0 N–H and O–H groups in total. The van der Waals surface area contributed by atoms with Gasteiger partial charge in [0.2, 0.25) is 0 Å². The van der Waals surface area contributed by atoms with Crippen LogP contribution in [-0.4, -0.2) is 25.1 Å². The normalized spacial score (nSPS) is 12.1. The predicted octanol–water partition coefficient (Wildman–Crippen LogP) is 2.40. The van der Waals surface area contributed by atoms with E-state index in [-0.39, 0.29) is 11.4 Å². The van der Waals surface area contributed by atoms with Crippen molar-refractivity contribution in [2.75, 3.05) is 6.61 Å². The Balaban J connectivity index is 4.33. The van der Waals surface area contributed by atoms with Crippen molar-refractivity contribution in [3.8, 4) is 0 Å². The van der Waals surface area contributed by atoms with Gasteiger partial charge in [0.15, 0.2) is 5.78 Å². The minimum Gasteiger partial charge on any atom is -0.408 e. The van der Waals surface area contributed by atoms with Crippen LogP contribution < -0.4 is 0 Å². The summed E-state index contributed by atoms with van der Waals surface area (Å²) < 4.78 is 11.1. The Bertz CT molecular complexity index is 224. The lowest BCUT2D eigenvalue weighted by Gasteiger charge is -2.26. The van der Waals surface area contributed by atoms with Gasteiger partial charge >= 0.3 is 7.12 Å². The van der Waals surface area contributed by atoms with Gasteiger partial charge < -0.3 is 9.31 Å². The van der Waals surface area contributed by atoms with E-state index in [1.807, 2.05) is 20.8 Å². The van der Waals surface area contributed by atoms with Crippen LogP contribution in [0.15, 0.2) is 12.1 Å². The van der Waals surface area contributed by atoms with E-state index in [2.05, 4.69) is 6.92 Å². The maximum absolute atomic E-state index is 10.8. The molecular weight excluding hydrogens is 191 g/mol. The van der Waals surface area contributed by atoms with Gasteiger partial charge in [0.05, 0.1) is 0 Å². The number of carbonyl (C=O) groups excluding carboxylic acids is 1. The molecule has 0 aromatic heterocycles. The van der Waals surface area contributed by atoms with E-state index in [1.54, 1.807) is 5.98 Å². The summed E-state index contributed by atoms with van der Waals surface area (Å²) in [6.45, 7) is 10.0. The highest BCUT2D eigenvalue weighted by Crippen LogP contribution is 2.15. The standard InChI is InChI=1S/C11H21BO3/c1-6-11(4,5)15-12(14-7-2)9-8-10(3)13/h8-9H,6-7H2,1-5H3. The Morgan fingerprint density at radius 1 is 1.40 bits per heavy atom. The highest BCUT2D eigenvalue weighted by Gasteiger charge is 2.24. The summed E-state index contributed by atoms with van der Waals surface area (Å²) in [4.78, 5) is 10.8. The van der Waals surface area contributed by atoms with Crippen LogP contribution in [0.2, 0.25) is 0 Å². The summed E-state index contributed by atoms with van der Waals surface area (Å²) in [5, 5.41) is 0. The molecule has 0 spiro atoms. The van der Waals surface area contributed by atoms with E-state index in [0.717, 1.165) is 6.42 Å². The minimum atomic E-state index is -0.436. The molecule has 0 rings (SSSR count). The Labute approximate surface area is 93.0 Å². The predicted molar refractivity (Wildman–Crippen MR) is 62.7 cm³/mol.